The summed E-state index contributed by atoms with van der Waals surface area (Å²) in [5.74, 6) is 0.0475. The smallest absolute Gasteiger partial charge is 0.405 e. The van der Waals surface area contributed by atoms with Crippen molar-refractivity contribution in [3.63, 3.8) is 0 Å². The van der Waals surface area contributed by atoms with E-state index in [1.807, 2.05) is 26.0 Å². The molecule has 10 heteroatoms. The number of fused-ring (bicyclic) bond motifs is 1. The van der Waals surface area contributed by atoms with Crippen LogP contribution in [0.2, 0.25) is 0 Å². The van der Waals surface area contributed by atoms with Crippen molar-refractivity contribution in [2.45, 2.75) is 84.2 Å². The molecule has 3 unspecified atom stereocenters. The van der Waals surface area contributed by atoms with Crippen LogP contribution in [0.4, 0.5) is 8.78 Å². The van der Waals surface area contributed by atoms with Crippen LogP contribution in [0.1, 0.15) is 58.2 Å². The summed E-state index contributed by atoms with van der Waals surface area (Å²) in [6, 6.07) is 38.1. The van der Waals surface area contributed by atoms with Crippen molar-refractivity contribution in [1.29, 1.82) is 0 Å². The summed E-state index contributed by atoms with van der Waals surface area (Å²) in [7, 11) is -6.27. The van der Waals surface area contributed by atoms with Gasteiger partial charge in [-0.15, -0.1) is 0 Å². The van der Waals surface area contributed by atoms with Crippen LogP contribution in [0.5, 0.6) is 5.75 Å². The molecule has 1 fully saturated rings. The summed E-state index contributed by atoms with van der Waals surface area (Å²) in [6.07, 6.45) is -2.11. The third-order valence-corrected chi connectivity index (χ3v) is 12.5. The number of hydrogen-bond acceptors (Lipinski definition) is 5. The van der Waals surface area contributed by atoms with Crippen molar-refractivity contribution in [3.8, 4) is 5.75 Å². The van der Waals surface area contributed by atoms with E-state index in [9.17, 15) is 17.2 Å². The van der Waals surface area contributed by atoms with Gasteiger partial charge >= 0.3 is 15.4 Å². The minimum atomic E-state index is -5.65. The van der Waals surface area contributed by atoms with Gasteiger partial charge in [0.05, 0.1) is 29.7 Å². The molecule has 6 rings (SSSR count). The van der Waals surface area contributed by atoms with E-state index in [-0.39, 0.29) is 11.2 Å². The maximum absolute atomic E-state index is 14.2. The van der Waals surface area contributed by atoms with E-state index < -0.39 is 43.6 Å². The number of halogens is 2. The van der Waals surface area contributed by atoms with E-state index in [2.05, 4.69) is 99.6 Å². The Kier molecular flexibility index (Phi) is 9.89. The molecule has 268 valence electrons. The highest BCUT2D eigenvalue weighted by molar-refractivity contribution is 7.97. The van der Waals surface area contributed by atoms with Crippen LogP contribution in [0.15, 0.2) is 130 Å². The van der Waals surface area contributed by atoms with Gasteiger partial charge in [-0.25, -0.2) is 0 Å². The summed E-state index contributed by atoms with van der Waals surface area (Å²) in [5, 5.41) is -2.22. The average molecular weight is 734 g/mol. The van der Waals surface area contributed by atoms with E-state index in [4.69, 9.17) is 18.8 Å². The molecular weight excluding hydrogens is 691 g/mol. The van der Waals surface area contributed by atoms with E-state index in [1.165, 1.54) is 17.7 Å². The SMILES string of the molecule is CC(Oc1ccc([S+](c2ccc(C(C)(C)C)cc2)c2ccc(C3(c4ccc5ccccc5c4)COC(C)(C)CO3)cc2)cc1)C(F)(F)S(=O)(=O)O. The zero-order chi connectivity index (χ0) is 36.8. The minimum absolute atomic E-state index is 0.0354. The third kappa shape index (κ3) is 7.57. The first-order valence-electron chi connectivity index (χ1n) is 16.7. The fourth-order valence-corrected chi connectivity index (χ4v) is 8.62. The Balaban J connectivity index is 1.38. The zero-order valence-corrected chi connectivity index (χ0v) is 31.2. The second kappa shape index (κ2) is 13.6. The van der Waals surface area contributed by atoms with Gasteiger partial charge in [0, 0.05) is 0 Å². The van der Waals surface area contributed by atoms with Gasteiger partial charge in [0.25, 0.3) is 0 Å². The van der Waals surface area contributed by atoms with Gasteiger partial charge in [-0.2, -0.15) is 17.2 Å². The Labute approximate surface area is 301 Å². The van der Waals surface area contributed by atoms with Crippen LogP contribution < -0.4 is 4.74 Å². The first kappa shape index (κ1) is 37.0. The molecule has 1 aliphatic rings. The lowest BCUT2D eigenvalue weighted by molar-refractivity contribution is -0.212. The highest BCUT2D eigenvalue weighted by Crippen LogP contribution is 2.42. The number of hydrogen-bond donors (Lipinski definition) is 1. The van der Waals surface area contributed by atoms with E-state index in [0.717, 1.165) is 43.5 Å². The van der Waals surface area contributed by atoms with Crippen LogP contribution >= 0.6 is 0 Å². The van der Waals surface area contributed by atoms with Crippen LogP contribution in [0.3, 0.4) is 0 Å². The normalized spacial score (nSPS) is 19.4. The van der Waals surface area contributed by atoms with Crippen LogP contribution in [-0.4, -0.2) is 43.1 Å². The Bertz CT molecular complexity index is 2100. The van der Waals surface area contributed by atoms with Crippen molar-refractivity contribution in [3.05, 3.63) is 132 Å². The monoisotopic (exact) mass is 733 g/mol. The first-order chi connectivity index (χ1) is 23.9. The molecule has 0 bridgehead atoms. The van der Waals surface area contributed by atoms with Crippen molar-refractivity contribution >= 4 is 31.8 Å². The topological polar surface area (TPSA) is 82.1 Å². The summed E-state index contributed by atoms with van der Waals surface area (Å²) >= 11 is 0. The van der Waals surface area contributed by atoms with Gasteiger partial charge < -0.3 is 14.2 Å². The highest BCUT2D eigenvalue weighted by atomic mass is 32.2. The Hall–Kier alpha value is -3.80. The molecule has 1 saturated heterocycles. The number of benzene rings is 5. The van der Waals surface area contributed by atoms with Gasteiger partial charge in [-0.05, 0) is 108 Å². The van der Waals surface area contributed by atoms with E-state index in [1.54, 1.807) is 12.1 Å². The molecule has 1 aliphatic heterocycles. The lowest BCUT2D eigenvalue weighted by atomic mass is 9.84. The highest BCUT2D eigenvalue weighted by Gasteiger charge is 2.51. The van der Waals surface area contributed by atoms with Crippen molar-refractivity contribution in [1.82, 2.24) is 0 Å². The van der Waals surface area contributed by atoms with Gasteiger partial charge in [-0.3, -0.25) is 4.55 Å². The largest absolute Gasteiger partial charge is 0.483 e. The molecule has 1 N–H and O–H groups in total. The van der Waals surface area contributed by atoms with Crippen molar-refractivity contribution in [2.75, 3.05) is 13.2 Å². The van der Waals surface area contributed by atoms with Crippen molar-refractivity contribution in [2.24, 2.45) is 0 Å². The molecule has 0 aliphatic carbocycles. The van der Waals surface area contributed by atoms with Crippen LogP contribution in [-0.2, 0) is 41.5 Å². The molecule has 0 amide bonds. The summed E-state index contributed by atoms with van der Waals surface area (Å²) in [4.78, 5) is 2.97. The van der Waals surface area contributed by atoms with Crippen molar-refractivity contribution < 1.29 is 36.0 Å². The standard InChI is InChI=1S/C41H42F2O6S2/c1-28(41(42,43)51(44,45)46)49-34-17-23-37(24-18-34)50(35-19-13-31(14-20-35)38(2,3)4)36-21-15-32(16-22-36)40(27-47-39(5,6)26-48-40)33-12-11-29-9-7-8-10-30(29)25-33/h7-25,28H,26-27H2,1-6H3/p+1. The van der Waals surface area contributed by atoms with Gasteiger partial charge in [0.1, 0.15) is 11.4 Å². The first-order valence-corrected chi connectivity index (χ1v) is 19.4. The molecule has 5 aromatic carbocycles. The van der Waals surface area contributed by atoms with Gasteiger partial charge in [0.15, 0.2) is 20.8 Å². The van der Waals surface area contributed by atoms with Crippen LogP contribution in [0, 0.1) is 0 Å². The Morgan fingerprint density at radius 3 is 1.80 bits per heavy atom. The molecule has 0 radical (unpaired) electrons. The molecule has 0 saturated carbocycles. The number of ether oxygens (including phenoxy) is 3. The third-order valence-electron chi connectivity index (χ3n) is 9.25. The lowest BCUT2D eigenvalue weighted by Crippen LogP contribution is -2.49. The zero-order valence-electron chi connectivity index (χ0n) is 29.5. The Morgan fingerprint density at radius 2 is 1.27 bits per heavy atom. The molecule has 5 aromatic rings. The molecule has 51 heavy (non-hydrogen) atoms. The fraction of sp³-hybridized carbons (Fsp3) is 0.317. The summed E-state index contributed by atoms with van der Waals surface area (Å²) < 4.78 is 78.4. The number of rotatable bonds is 9. The maximum Gasteiger partial charge on any atom is 0.405 e. The minimum Gasteiger partial charge on any atom is -0.483 e. The van der Waals surface area contributed by atoms with Gasteiger partial charge in [0.2, 0.25) is 0 Å². The van der Waals surface area contributed by atoms with Gasteiger partial charge in [-0.1, -0.05) is 81.4 Å². The van der Waals surface area contributed by atoms with E-state index in [0.29, 0.717) is 13.2 Å². The average Bonchev–Trinajstić information content (AvgIpc) is 3.09. The Morgan fingerprint density at radius 1 is 0.745 bits per heavy atom. The van der Waals surface area contributed by atoms with Crippen LogP contribution in [0.25, 0.3) is 10.8 Å². The van der Waals surface area contributed by atoms with E-state index >= 15 is 0 Å². The quantitative estimate of drug-likeness (QED) is 0.120. The molecule has 1 heterocycles. The molecular formula is C41H43F2O6S2+. The molecule has 0 aromatic heterocycles. The molecule has 6 nitrogen and oxygen atoms in total. The second-order valence-electron chi connectivity index (χ2n) is 14.6. The lowest BCUT2D eigenvalue weighted by Gasteiger charge is -2.44. The predicted octanol–water partition coefficient (Wildman–Crippen LogP) is 9.55. The maximum atomic E-state index is 14.2. The predicted molar refractivity (Wildman–Crippen MR) is 197 cm³/mol. The molecule has 0 spiro atoms. The molecule has 3 atom stereocenters. The number of alkyl halides is 2. The second-order valence-corrected chi connectivity index (χ2v) is 18.1. The summed E-state index contributed by atoms with van der Waals surface area (Å²) in [6.45, 7) is 12.2. The fourth-order valence-electron chi connectivity index (χ4n) is 6.11. The summed E-state index contributed by atoms with van der Waals surface area (Å²) in [5.41, 5.74) is 1.86.